The van der Waals surface area contributed by atoms with E-state index in [9.17, 15) is 8.78 Å². The van der Waals surface area contributed by atoms with E-state index in [1.807, 2.05) is 4.57 Å². The molecule has 1 aromatic carbocycles. The van der Waals surface area contributed by atoms with Crippen molar-refractivity contribution in [3.63, 3.8) is 0 Å². The summed E-state index contributed by atoms with van der Waals surface area (Å²) in [5.41, 5.74) is 7.44. The number of rotatable bonds is 5. The number of nitrogens with two attached hydrogens (primary N) is 1. The molecule has 19 heavy (non-hydrogen) atoms. The highest BCUT2D eigenvalue weighted by Gasteiger charge is 2.11. The van der Waals surface area contributed by atoms with Crippen molar-refractivity contribution >= 4 is 5.82 Å². The number of benzene rings is 1. The van der Waals surface area contributed by atoms with Crippen LogP contribution in [-0.4, -0.2) is 9.55 Å². The number of aromatic nitrogens is 2. The maximum Gasteiger partial charge on any atom is 0.263 e. The van der Waals surface area contributed by atoms with E-state index in [2.05, 4.69) is 11.9 Å². The van der Waals surface area contributed by atoms with Crippen LogP contribution in [0.1, 0.15) is 31.8 Å². The fourth-order valence-corrected chi connectivity index (χ4v) is 1.91. The third-order valence-corrected chi connectivity index (χ3v) is 3.07. The van der Waals surface area contributed by atoms with Crippen LogP contribution >= 0.6 is 0 Å². The molecule has 0 atom stereocenters. The third-order valence-electron chi connectivity index (χ3n) is 3.07. The predicted molar refractivity (Wildman–Crippen MR) is 71.9 cm³/mol. The van der Waals surface area contributed by atoms with E-state index in [-0.39, 0.29) is 5.56 Å². The van der Waals surface area contributed by atoms with Gasteiger partial charge in [0.1, 0.15) is 11.5 Å². The molecule has 0 spiro atoms. The molecule has 0 saturated heterocycles. The largest absolute Gasteiger partial charge is 0.383 e. The lowest BCUT2D eigenvalue weighted by Gasteiger charge is -2.05. The lowest BCUT2D eigenvalue weighted by molar-refractivity contribution is 0.151. The van der Waals surface area contributed by atoms with E-state index >= 15 is 0 Å². The number of hydrogen-bond acceptors (Lipinski definition) is 2. The number of unbranched alkanes of at least 4 members (excludes halogenated alkanes) is 1. The molecular weight excluding hydrogens is 248 g/mol. The SMILES string of the molecule is CCCCn1cnc(-c2ccc(C(F)F)cc2)c1N. The van der Waals surface area contributed by atoms with Crippen LogP contribution < -0.4 is 5.73 Å². The number of anilines is 1. The first-order chi connectivity index (χ1) is 9.13. The smallest absolute Gasteiger partial charge is 0.263 e. The summed E-state index contributed by atoms with van der Waals surface area (Å²) >= 11 is 0. The van der Waals surface area contributed by atoms with Crippen molar-refractivity contribution in [3.05, 3.63) is 36.2 Å². The van der Waals surface area contributed by atoms with Crippen LogP contribution in [0.25, 0.3) is 11.3 Å². The normalized spacial score (nSPS) is 11.2. The number of hydrogen-bond donors (Lipinski definition) is 1. The van der Waals surface area contributed by atoms with Crippen molar-refractivity contribution in [1.82, 2.24) is 9.55 Å². The number of nitrogens with zero attached hydrogens (tertiary/aromatic N) is 2. The van der Waals surface area contributed by atoms with Gasteiger partial charge in [0.05, 0.1) is 6.33 Å². The molecule has 0 radical (unpaired) electrons. The molecule has 0 aliphatic heterocycles. The lowest BCUT2D eigenvalue weighted by atomic mass is 10.1. The predicted octanol–water partition coefficient (Wildman–Crippen LogP) is 3.87. The van der Waals surface area contributed by atoms with Crippen molar-refractivity contribution in [2.75, 3.05) is 5.73 Å². The minimum absolute atomic E-state index is 0.00716. The molecule has 2 rings (SSSR count). The van der Waals surface area contributed by atoms with Gasteiger partial charge < -0.3 is 10.3 Å². The van der Waals surface area contributed by atoms with Gasteiger partial charge in [-0.15, -0.1) is 0 Å². The van der Waals surface area contributed by atoms with Gasteiger partial charge >= 0.3 is 0 Å². The quantitative estimate of drug-likeness (QED) is 0.891. The zero-order valence-electron chi connectivity index (χ0n) is 10.8. The minimum atomic E-state index is -2.45. The fraction of sp³-hybridized carbons (Fsp3) is 0.357. The Morgan fingerprint density at radius 1 is 1.26 bits per heavy atom. The van der Waals surface area contributed by atoms with Gasteiger partial charge in [0, 0.05) is 17.7 Å². The molecule has 102 valence electrons. The van der Waals surface area contributed by atoms with Crippen LogP contribution in [0.3, 0.4) is 0 Å². The molecule has 0 fully saturated rings. The van der Waals surface area contributed by atoms with Gasteiger partial charge in [0.2, 0.25) is 0 Å². The lowest BCUT2D eigenvalue weighted by Crippen LogP contribution is -2.02. The second kappa shape index (κ2) is 5.82. The van der Waals surface area contributed by atoms with E-state index in [4.69, 9.17) is 5.73 Å². The summed E-state index contributed by atoms with van der Waals surface area (Å²) in [5, 5.41) is 0. The average Bonchev–Trinajstić information content (AvgIpc) is 2.78. The number of nitrogen functional groups attached to an aromatic ring is 1. The van der Waals surface area contributed by atoms with Crippen molar-refractivity contribution in [2.45, 2.75) is 32.7 Å². The Kier molecular flexibility index (Phi) is 4.14. The molecule has 3 nitrogen and oxygen atoms in total. The molecular formula is C14H17F2N3. The van der Waals surface area contributed by atoms with Crippen molar-refractivity contribution in [1.29, 1.82) is 0 Å². The summed E-state index contributed by atoms with van der Waals surface area (Å²) in [4.78, 5) is 4.26. The summed E-state index contributed by atoms with van der Waals surface area (Å²) in [6.07, 6.45) is 1.36. The Balaban J connectivity index is 2.24. The van der Waals surface area contributed by atoms with E-state index < -0.39 is 6.43 Å². The van der Waals surface area contributed by atoms with Crippen molar-refractivity contribution in [3.8, 4) is 11.3 Å². The van der Waals surface area contributed by atoms with Gasteiger partial charge in [0.25, 0.3) is 6.43 Å². The van der Waals surface area contributed by atoms with Crippen molar-refractivity contribution in [2.24, 2.45) is 0 Å². The van der Waals surface area contributed by atoms with Crippen LogP contribution in [0.2, 0.25) is 0 Å². The Bertz CT molecular complexity index is 532. The Labute approximate surface area is 111 Å². The van der Waals surface area contributed by atoms with E-state index in [0.717, 1.165) is 24.9 Å². The number of halogens is 2. The Morgan fingerprint density at radius 3 is 2.53 bits per heavy atom. The molecule has 0 aliphatic rings. The average molecular weight is 265 g/mol. The molecule has 0 aliphatic carbocycles. The Morgan fingerprint density at radius 2 is 1.95 bits per heavy atom. The van der Waals surface area contributed by atoms with E-state index in [1.54, 1.807) is 18.5 Å². The highest BCUT2D eigenvalue weighted by Crippen LogP contribution is 2.27. The van der Waals surface area contributed by atoms with E-state index in [0.29, 0.717) is 11.5 Å². The molecule has 0 bridgehead atoms. The molecule has 0 amide bonds. The first-order valence-electron chi connectivity index (χ1n) is 6.32. The molecule has 5 heteroatoms. The third kappa shape index (κ3) is 2.92. The molecule has 1 heterocycles. The van der Waals surface area contributed by atoms with Crippen LogP contribution in [0.5, 0.6) is 0 Å². The van der Waals surface area contributed by atoms with Crippen molar-refractivity contribution < 1.29 is 8.78 Å². The van der Waals surface area contributed by atoms with Crippen LogP contribution in [-0.2, 0) is 6.54 Å². The zero-order chi connectivity index (χ0) is 13.8. The second-order valence-electron chi connectivity index (χ2n) is 4.45. The Hall–Kier alpha value is -1.91. The minimum Gasteiger partial charge on any atom is -0.383 e. The standard InChI is InChI=1S/C14H17F2N3/c1-2-3-8-19-9-18-12(14(19)17)10-4-6-11(7-5-10)13(15)16/h4-7,9,13H,2-3,8,17H2,1H3. The zero-order valence-corrected chi connectivity index (χ0v) is 10.8. The molecule has 0 saturated carbocycles. The van der Waals surface area contributed by atoms with Crippen LogP contribution in [0.4, 0.5) is 14.6 Å². The monoisotopic (exact) mass is 265 g/mol. The van der Waals surface area contributed by atoms with Gasteiger partial charge in [-0.25, -0.2) is 13.8 Å². The summed E-state index contributed by atoms with van der Waals surface area (Å²) in [6, 6.07) is 6.07. The van der Waals surface area contributed by atoms with Gasteiger partial charge in [-0.3, -0.25) is 0 Å². The molecule has 2 aromatic rings. The van der Waals surface area contributed by atoms with Gasteiger partial charge in [-0.05, 0) is 6.42 Å². The summed E-state index contributed by atoms with van der Waals surface area (Å²) < 4.78 is 26.8. The fourth-order valence-electron chi connectivity index (χ4n) is 1.91. The van der Waals surface area contributed by atoms with Gasteiger partial charge in [-0.1, -0.05) is 37.6 Å². The summed E-state index contributed by atoms with van der Waals surface area (Å²) in [6.45, 7) is 2.93. The maximum absolute atomic E-state index is 12.5. The number of imidazole rings is 1. The van der Waals surface area contributed by atoms with E-state index in [1.165, 1.54) is 12.1 Å². The van der Waals surface area contributed by atoms with Crippen LogP contribution in [0.15, 0.2) is 30.6 Å². The first kappa shape index (κ1) is 13.5. The summed E-state index contributed by atoms with van der Waals surface area (Å²) in [5.74, 6) is 0.582. The second-order valence-corrected chi connectivity index (χ2v) is 4.45. The highest BCUT2D eigenvalue weighted by atomic mass is 19.3. The molecule has 0 unspecified atom stereocenters. The van der Waals surface area contributed by atoms with Crippen LogP contribution in [0, 0.1) is 0 Å². The maximum atomic E-state index is 12.5. The topological polar surface area (TPSA) is 43.8 Å². The summed E-state index contributed by atoms with van der Waals surface area (Å²) in [7, 11) is 0. The molecule has 2 N–H and O–H groups in total. The highest BCUT2D eigenvalue weighted by molar-refractivity contribution is 5.70. The molecule has 1 aromatic heterocycles. The number of aryl methyl sites for hydroxylation is 1. The van der Waals surface area contributed by atoms with Gasteiger partial charge in [-0.2, -0.15) is 0 Å². The first-order valence-corrected chi connectivity index (χ1v) is 6.32. The number of alkyl halides is 2. The van der Waals surface area contributed by atoms with Gasteiger partial charge in [0.15, 0.2) is 0 Å².